The highest BCUT2D eigenvalue weighted by molar-refractivity contribution is 7.79. The minimum Gasteiger partial charge on any atom is -0.767 e. The topological polar surface area (TPSA) is 57.4 Å². The van der Waals surface area contributed by atoms with Gasteiger partial charge in [0.25, 0.3) is 0 Å². The number of thiazole rings is 1. The molecule has 0 spiro atoms. The Morgan fingerprint density at radius 3 is 3.17 bits per heavy atom. The van der Waals surface area contributed by atoms with E-state index in [0.717, 1.165) is 0 Å². The summed E-state index contributed by atoms with van der Waals surface area (Å²) in [6.45, 7) is 0. The first-order chi connectivity index (χ1) is 5.70. The molecule has 1 atom stereocenters. The molecule has 7 heteroatoms. The summed E-state index contributed by atoms with van der Waals surface area (Å²) >= 11 is 4.58. The molecule has 2 aromatic rings. The van der Waals surface area contributed by atoms with E-state index in [0.29, 0.717) is 4.96 Å². The molecule has 0 bridgehead atoms. The number of hydrogen-bond donors (Lipinski definition) is 0. The van der Waals surface area contributed by atoms with Crippen LogP contribution >= 0.6 is 22.9 Å². The van der Waals surface area contributed by atoms with Crippen LogP contribution in [0.1, 0.15) is 0 Å². The molecule has 0 radical (unpaired) electrons. The van der Waals surface area contributed by atoms with Gasteiger partial charge in [0, 0.05) is 11.6 Å². The molecule has 2 aromatic heterocycles. The van der Waals surface area contributed by atoms with Crippen molar-refractivity contribution in [2.75, 3.05) is 0 Å². The summed E-state index contributed by atoms with van der Waals surface area (Å²) in [5.74, 6) is 0. The van der Waals surface area contributed by atoms with Crippen LogP contribution in [0.4, 0.5) is 0 Å². The van der Waals surface area contributed by atoms with Gasteiger partial charge in [-0.25, -0.2) is 4.98 Å². The van der Waals surface area contributed by atoms with E-state index in [4.69, 9.17) is 11.6 Å². The SMILES string of the molecule is O=S([O-])c1c(Cl)nc2sccn12. The number of aromatic nitrogens is 2. The van der Waals surface area contributed by atoms with E-state index in [2.05, 4.69) is 4.98 Å². The lowest BCUT2D eigenvalue weighted by atomic mass is 10.9. The van der Waals surface area contributed by atoms with Gasteiger partial charge in [0.1, 0.15) is 5.03 Å². The molecular formula is C5H2ClN2O2S2-. The average molecular weight is 222 g/mol. The molecule has 0 fully saturated rings. The third-order valence-electron chi connectivity index (χ3n) is 1.34. The Bertz CT molecular complexity index is 449. The molecule has 2 rings (SSSR count). The molecule has 64 valence electrons. The zero-order valence-corrected chi connectivity index (χ0v) is 7.95. The van der Waals surface area contributed by atoms with Crippen LogP contribution in [0.2, 0.25) is 5.15 Å². The molecule has 0 saturated carbocycles. The van der Waals surface area contributed by atoms with Crippen molar-refractivity contribution in [1.29, 1.82) is 0 Å². The maximum Gasteiger partial charge on any atom is 0.196 e. The summed E-state index contributed by atoms with van der Waals surface area (Å²) in [6.07, 6.45) is 1.62. The normalized spacial score (nSPS) is 13.8. The zero-order chi connectivity index (χ0) is 8.72. The fraction of sp³-hybridized carbons (Fsp3) is 0. The van der Waals surface area contributed by atoms with Crippen molar-refractivity contribution in [1.82, 2.24) is 9.38 Å². The molecule has 2 heterocycles. The number of fused-ring (bicyclic) bond motifs is 1. The third-order valence-corrected chi connectivity index (χ3v) is 3.17. The Morgan fingerprint density at radius 2 is 2.50 bits per heavy atom. The smallest absolute Gasteiger partial charge is 0.196 e. The van der Waals surface area contributed by atoms with E-state index in [1.807, 2.05) is 0 Å². The first kappa shape index (κ1) is 8.18. The predicted molar refractivity (Wildman–Crippen MR) is 45.3 cm³/mol. The van der Waals surface area contributed by atoms with Crippen molar-refractivity contribution in [2.24, 2.45) is 0 Å². The van der Waals surface area contributed by atoms with Crippen LogP contribution in [0.3, 0.4) is 0 Å². The number of imidazole rings is 1. The second kappa shape index (κ2) is 2.81. The van der Waals surface area contributed by atoms with Crippen molar-refractivity contribution < 1.29 is 8.76 Å². The van der Waals surface area contributed by atoms with Crippen molar-refractivity contribution >= 4 is 39.0 Å². The van der Waals surface area contributed by atoms with E-state index in [-0.39, 0.29) is 10.2 Å². The van der Waals surface area contributed by atoms with Gasteiger partial charge in [0.15, 0.2) is 10.1 Å². The Kier molecular flexibility index (Phi) is 1.91. The van der Waals surface area contributed by atoms with E-state index < -0.39 is 11.1 Å². The maximum atomic E-state index is 10.7. The molecule has 0 aliphatic rings. The molecule has 0 N–H and O–H groups in total. The van der Waals surface area contributed by atoms with Gasteiger partial charge in [-0.2, -0.15) is 0 Å². The van der Waals surface area contributed by atoms with Crippen molar-refractivity contribution in [3.8, 4) is 0 Å². The van der Waals surface area contributed by atoms with Crippen LogP contribution in [0, 0.1) is 0 Å². The maximum absolute atomic E-state index is 10.7. The van der Waals surface area contributed by atoms with Gasteiger partial charge in [0.05, 0.1) is 0 Å². The molecular weight excluding hydrogens is 220 g/mol. The Hall–Kier alpha value is -0.430. The van der Waals surface area contributed by atoms with E-state index in [9.17, 15) is 8.76 Å². The van der Waals surface area contributed by atoms with Crippen LogP contribution in [-0.2, 0) is 11.1 Å². The minimum absolute atomic E-state index is 0.0212. The summed E-state index contributed by atoms with van der Waals surface area (Å²) in [6, 6.07) is 0. The molecule has 0 aromatic carbocycles. The molecule has 4 nitrogen and oxygen atoms in total. The highest BCUT2D eigenvalue weighted by Gasteiger charge is 2.10. The van der Waals surface area contributed by atoms with Crippen LogP contribution < -0.4 is 0 Å². The van der Waals surface area contributed by atoms with Crippen LogP contribution in [0.5, 0.6) is 0 Å². The lowest BCUT2D eigenvalue weighted by Crippen LogP contribution is -1.93. The summed E-state index contributed by atoms with van der Waals surface area (Å²) in [4.78, 5) is 4.43. The lowest BCUT2D eigenvalue weighted by molar-refractivity contribution is 0.532. The molecule has 0 aliphatic heterocycles. The Morgan fingerprint density at radius 1 is 1.75 bits per heavy atom. The lowest BCUT2D eigenvalue weighted by Gasteiger charge is -2.01. The van der Waals surface area contributed by atoms with Gasteiger partial charge in [-0.1, -0.05) is 11.6 Å². The highest BCUT2D eigenvalue weighted by Crippen LogP contribution is 2.22. The molecule has 0 aliphatic carbocycles. The minimum atomic E-state index is -2.34. The zero-order valence-electron chi connectivity index (χ0n) is 5.56. The molecule has 0 saturated heterocycles. The summed E-state index contributed by atoms with van der Waals surface area (Å²) in [5, 5.41) is 1.79. The van der Waals surface area contributed by atoms with Gasteiger partial charge < -0.3 is 4.55 Å². The van der Waals surface area contributed by atoms with Gasteiger partial charge in [-0.3, -0.25) is 8.61 Å². The van der Waals surface area contributed by atoms with Gasteiger partial charge in [0.2, 0.25) is 0 Å². The number of halogens is 1. The summed E-state index contributed by atoms with van der Waals surface area (Å²) in [7, 11) is 0. The van der Waals surface area contributed by atoms with Gasteiger partial charge in [-0.15, -0.1) is 11.3 Å². The third kappa shape index (κ3) is 1.08. The number of hydrogen-bond acceptors (Lipinski definition) is 4. The Labute approximate surface area is 79.1 Å². The van der Waals surface area contributed by atoms with Crippen molar-refractivity contribution in [2.45, 2.75) is 5.03 Å². The van der Waals surface area contributed by atoms with Crippen molar-refractivity contribution in [3.63, 3.8) is 0 Å². The second-order valence-corrected chi connectivity index (χ2v) is 4.09. The molecule has 12 heavy (non-hydrogen) atoms. The molecule has 0 amide bonds. The number of nitrogens with zero attached hydrogens (tertiary/aromatic N) is 2. The fourth-order valence-electron chi connectivity index (χ4n) is 0.888. The first-order valence-corrected chi connectivity index (χ1v) is 5.23. The average Bonchev–Trinajstić information content (AvgIpc) is 2.44. The largest absolute Gasteiger partial charge is 0.767 e. The summed E-state index contributed by atoms with van der Waals surface area (Å²) in [5.41, 5.74) is 0. The van der Waals surface area contributed by atoms with Crippen LogP contribution in [-0.4, -0.2) is 18.1 Å². The van der Waals surface area contributed by atoms with Crippen molar-refractivity contribution in [3.05, 3.63) is 16.7 Å². The van der Waals surface area contributed by atoms with E-state index in [1.54, 1.807) is 11.6 Å². The standard InChI is InChI=1S/C5H3ClN2O2S2/c6-3-4(12(9)10)8-1-2-11-5(8)7-3/h1-2H,(H,9,10)/p-1. The molecule has 1 unspecified atom stereocenters. The van der Waals surface area contributed by atoms with Gasteiger partial charge >= 0.3 is 0 Å². The fourth-order valence-corrected chi connectivity index (χ4v) is 2.56. The monoisotopic (exact) mass is 221 g/mol. The van der Waals surface area contributed by atoms with Crippen LogP contribution in [0.25, 0.3) is 4.96 Å². The van der Waals surface area contributed by atoms with Crippen LogP contribution in [0.15, 0.2) is 16.6 Å². The number of rotatable bonds is 1. The summed E-state index contributed by atoms with van der Waals surface area (Å²) < 4.78 is 22.7. The van der Waals surface area contributed by atoms with E-state index >= 15 is 0 Å². The first-order valence-electron chi connectivity index (χ1n) is 2.90. The predicted octanol–water partition coefficient (Wildman–Crippen LogP) is 1.29. The quantitative estimate of drug-likeness (QED) is 0.682. The Balaban J connectivity index is 2.84. The van der Waals surface area contributed by atoms with E-state index in [1.165, 1.54) is 15.7 Å². The second-order valence-electron chi connectivity index (χ2n) is 2.00. The highest BCUT2D eigenvalue weighted by atomic mass is 35.5. The van der Waals surface area contributed by atoms with Gasteiger partial charge in [-0.05, 0) is 11.1 Å².